The third-order valence-corrected chi connectivity index (χ3v) is 6.51. The highest BCUT2D eigenvalue weighted by Gasteiger charge is 2.36. The molecule has 0 spiro atoms. The van der Waals surface area contributed by atoms with Crippen molar-refractivity contribution in [2.75, 3.05) is 5.32 Å². The number of carboxylic acids is 1. The van der Waals surface area contributed by atoms with E-state index in [1.54, 1.807) is 17.0 Å². The normalized spacial score (nSPS) is 17.0. The molecule has 0 unspecified atom stereocenters. The average molecular weight is 494 g/mol. The predicted molar refractivity (Wildman–Crippen MR) is 134 cm³/mol. The minimum Gasteiger partial charge on any atom is -0.478 e. The zero-order valence-corrected chi connectivity index (χ0v) is 19.4. The summed E-state index contributed by atoms with van der Waals surface area (Å²) in [6, 6.07) is 22.3. The number of benzene rings is 3. The highest BCUT2D eigenvalue weighted by Crippen LogP contribution is 2.31. The Morgan fingerprint density at radius 2 is 1.71 bits per heavy atom. The zero-order chi connectivity index (χ0) is 24.1. The molecule has 1 saturated heterocycles. The van der Waals surface area contributed by atoms with Crippen molar-refractivity contribution in [2.24, 2.45) is 4.99 Å². The van der Waals surface area contributed by atoms with Gasteiger partial charge in [-0.05, 0) is 54.1 Å². The number of para-hydroxylation sites is 1. The van der Waals surface area contributed by atoms with Gasteiger partial charge in [-0.1, -0.05) is 53.7 Å². The second-order valence-corrected chi connectivity index (χ2v) is 9.12. The van der Waals surface area contributed by atoms with Crippen LogP contribution >= 0.6 is 23.4 Å². The minimum absolute atomic E-state index is 0.00507. The molecule has 34 heavy (non-hydrogen) atoms. The molecule has 1 heterocycles. The summed E-state index contributed by atoms with van der Waals surface area (Å²) >= 11 is 7.20. The van der Waals surface area contributed by atoms with E-state index in [2.05, 4.69) is 10.3 Å². The van der Waals surface area contributed by atoms with Crippen molar-refractivity contribution >= 4 is 57.7 Å². The van der Waals surface area contributed by atoms with Gasteiger partial charge in [0.15, 0.2) is 5.17 Å². The quantitative estimate of drug-likeness (QED) is 0.491. The molecule has 0 radical (unpaired) electrons. The van der Waals surface area contributed by atoms with Crippen LogP contribution in [0.2, 0.25) is 5.02 Å². The van der Waals surface area contributed by atoms with Gasteiger partial charge in [0.2, 0.25) is 11.8 Å². The van der Waals surface area contributed by atoms with Gasteiger partial charge in [0.1, 0.15) is 5.25 Å². The molecule has 3 aromatic rings. The van der Waals surface area contributed by atoms with Crippen LogP contribution in [0, 0.1) is 0 Å². The number of hydrogen-bond acceptors (Lipinski definition) is 5. The maximum Gasteiger partial charge on any atom is 0.335 e. The van der Waals surface area contributed by atoms with Crippen molar-refractivity contribution in [1.29, 1.82) is 0 Å². The number of halogens is 1. The van der Waals surface area contributed by atoms with Crippen LogP contribution in [0.3, 0.4) is 0 Å². The smallest absolute Gasteiger partial charge is 0.335 e. The van der Waals surface area contributed by atoms with Crippen molar-refractivity contribution in [3.63, 3.8) is 0 Å². The van der Waals surface area contributed by atoms with E-state index in [0.717, 1.165) is 5.56 Å². The Balaban J connectivity index is 1.55. The molecule has 0 bridgehead atoms. The first-order valence-corrected chi connectivity index (χ1v) is 11.6. The van der Waals surface area contributed by atoms with Crippen LogP contribution in [-0.4, -0.2) is 38.2 Å². The number of carbonyl (C=O) groups excluding carboxylic acids is 2. The van der Waals surface area contributed by atoms with Crippen LogP contribution in [-0.2, 0) is 16.1 Å². The number of carbonyl (C=O) groups is 3. The fourth-order valence-corrected chi connectivity index (χ4v) is 4.53. The summed E-state index contributed by atoms with van der Waals surface area (Å²) in [6.07, 6.45) is 0.00507. The lowest BCUT2D eigenvalue weighted by molar-refractivity contribution is -0.129. The standard InChI is InChI=1S/C25H20ClN3O4S/c26-18-10-6-16(7-11-18)15-29-22(30)14-21(34-25(29)28-19-4-2-1-3-5-19)23(31)27-20-12-8-17(9-13-20)24(32)33/h1-13,21H,14-15H2,(H,27,31)(H,32,33)/t21-/m1/s1. The maximum absolute atomic E-state index is 13.1. The van der Waals surface area contributed by atoms with Crippen molar-refractivity contribution in [3.8, 4) is 0 Å². The first kappa shape index (κ1) is 23.5. The third-order valence-electron chi connectivity index (χ3n) is 5.07. The lowest BCUT2D eigenvalue weighted by Gasteiger charge is -2.32. The van der Waals surface area contributed by atoms with Crippen LogP contribution in [0.25, 0.3) is 0 Å². The number of amidine groups is 1. The van der Waals surface area contributed by atoms with Gasteiger partial charge in [-0.25, -0.2) is 9.79 Å². The third kappa shape index (κ3) is 5.84. The molecule has 2 N–H and O–H groups in total. The number of aliphatic imine (C=N–C) groups is 1. The van der Waals surface area contributed by atoms with Gasteiger partial charge in [-0.2, -0.15) is 0 Å². The molecule has 9 heteroatoms. The Morgan fingerprint density at radius 1 is 1.03 bits per heavy atom. The van der Waals surface area contributed by atoms with Gasteiger partial charge >= 0.3 is 5.97 Å². The van der Waals surface area contributed by atoms with E-state index < -0.39 is 11.2 Å². The van der Waals surface area contributed by atoms with Gasteiger partial charge < -0.3 is 10.4 Å². The molecule has 3 aromatic carbocycles. The summed E-state index contributed by atoms with van der Waals surface area (Å²) in [6.45, 7) is 0.305. The minimum atomic E-state index is -1.05. The number of amides is 2. The van der Waals surface area contributed by atoms with Crippen LogP contribution in [0.1, 0.15) is 22.3 Å². The van der Waals surface area contributed by atoms with Gasteiger partial charge in [-0.15, -0.1) is 0 Å². The summed E-state index contributed by atoms with van der Waals surface area (Å²) in [4.78, 5) is 43.3. The summed E-state index contributed by atoms with van der Waals surface area (Å²) in [7, 11) is 0. The summed E-state index contributed by atoms with van der Waals surface area (Å²) in [5.74, 6) is -1.62. The Hall–Kier alpha value is -3.62. The number of thioether (sulfide) groups is 1. The molecule has 172 valence electrons. The van der Waals surface area contributed by atoms with Crippen molar-refractivity contribution in [1.82, 2.24) is 4.90 Å². The average Bonchev–Trinajstić information content (AvgIpc) is 2.83. The molecule has 0 aromatic heterocycles. The Bertz CT molecular complexity index is 1230. The summed E-state index contributed by atoms with van der Waals surface area (Å²) in [5.41, 5.74) is 2.13. The topological polar surface area (TPSA) is 99.1 Å². The molecule has 2 amide bonds. The first-order chi connectivity index (χ1) is 16.4. The molecule has 0 saturated carbocycles. The zero-order valence-electron chi connectivity index (χ0n) is 17.8. The number of hydrogen-bond donors (Lipinski definition) is 2. The fraction of sp³-hybridized carbons (Fsp3) is 0.120. The molecule has 0 aliphatic carbocycles. The molecule has 7 nitrogen and oxygen atoms in total. The molecular formula is C25H20ClN3O4S. The molecular weight excluding hydrogens is 474 g/mol. The summed E-state index contributed by atoms with van der Waals surface area (Å²) in [5, 5.41) is 12.1. The number of rotatable bonds is 6. The van der Waals surface area contributed by atoms with Gasteiger partial charge in [0, 0.05) is 17.1 Å². The van der Waals surface area contributed by atoms with Gasteiger partial charge in [0.05, 0.1) is 17.8 Å². The number of aromatic carboxylic acids is 1. The number of nitrogens with zero attached hydrogens (tertiary/aromatic N) is 2. The van der Waals surface area contributed by atoms with Crippen LogP contribution in [0.15, 0.2) is 83.9 Å². The second-order valence-electron chi connectivity index (χ2n) is 7.52. The molecule has 1 atom stereocenters. The SMILES string of the molecule is O=C(O)c1ccc(NC(=O)[C@H]2CC(=O)N(Cc3ccc(Cl)cc3)C(=Nc3ccccc3)S2)cc1. The Labute approximate surface area is 205 Å². The van der Waals surface area contributed by atoms with E-state index in [-0.39, 0.29) is 23.8 Å². The van der Waals surface area contributed by atoms with E-state index in [9.17, 15) is 14.4 Å². The number of nitrogens with one attached hydrogen (secondary N) is 1. The maximum atomic E-state index is 13.1. The Morgan fingerprint density at radius 3 is 2.35 bits per heavy atom. The lowest BCUT2D eigenvalue weighted by atomic mass is 10.2. The van der Waals surface area contributed by atoms with Crippen LogP contribution in [0.4, 0.5) is 11.4 Å². The van der Waals surface area contributed by atoms with Crippen molar-refractivity contribution in [3.05, 3.63) is 95.0 Å². The lowest BCUT2D eigenvalue weighted by Crippen LogP contribution is -2.44. The molecule has 1 aliphatic rings. The second kappa shape index (κ2) is 10.5. The molecule has 1 aliphatic heterocycles. The van der Waals surface area contributed by atoms with E-state index >= 15 is 0 Å². The van der Waals surface area contributed by atoms with Crippen molar-refractivity contribution < 1.29 is 19.5 Å². The highest BCUT2D eigenvalue weighted by atomic mass is 35.5. The monoisotopic (exact) mass is 493 g/mol. The van der Waals surface area contributed by atoms with Crippen LogP contribution in [0.5, 0.6) is 0 Å². The van der Waals surface area contributed by atoms with Gasteiger partial charge in [0.25, 0.3) is 0 Å². The van der Waals surface area contributed by atoms with E-state index in [1.165, 1.54) is 36.0 Å². The van der Waals surface area contributed by atoms with E-state index in [0.29, 0.717) is 28.1 Å². The predicted octanol–water partition coefficient (Wildman–Crippen LogP) is 5.20. The highest BCUT2D eigenvalue weighted by molar-refractivity contribution is 8.15. The van der Waals surface area contributed by atoms with Crippen LogP contribution < -0.4 is 5.32 Å². The number of carboxylic acid groups (broad SMARTS) is 1. The Kier molecular flexibility index (Phi) is 7.30. The van der Waals surface area contributed by atoms with E-state index in [4.69, 9.17) is 16.7 Å². The molecule has 4 rings (SSSR count). The number of anilines is 1. The van der Waals surface area contributed by atoms with Crippen molar-refractivity contribution in [2.45, 2.75) is 18.2 Å². The molecule has 1 fully saturated rings. The fourth-order valence-electron chi connectivity index (χ4n) is 3.30. The van der Waals surface area contributed by atoms with E-state index in [1.807, 2.05) is 42.5 Å². The van der Waals surface area contributed by atoms with Gasteiger partial charge in [-0.3, -0.25) is 14.5 Å². The largest absolute Gasteiger partial charge is 0.478 e. The summed E-state index contributed by atoms with van der Waals surface area (Å²) < 4.78 is 0. The first-order valence-electron chi connectivity index (χ1n) is 10.4.